The highest BCUT2D eigenvalue weighted by atomic mass is 32.2. The zero-order chi connectivity index (χ0) is 29.9. The number of halogens is 3. The second-order valence-electron chi connectivity index (χ2n) is 10.1. The number of carbonyl (C=O) groups is 1. The quantitative estimate of drug-likeness (QED) is 0.249. The lowest BCUT2D eigenvalue weighted by Gasteiger charge is -2.26. The molecule has 0 atom stereocenters. The average Bonchev–Trinajstić information content (AvgIpc) is 3.63. The molecule has 4 aromatic rings. The summed E-state index contributed by atoms with van der Waals surface area (Å²) in [5.41, 5.74) is 3.72. The SMILES string of the molecule is CCc1ccccc1N1CCS/C1=N\C(=O)NC(C)(C)c1ccc(-c2ncn(-c3ccc(OC(F)(F)F)cc3)n2)cc1. The van der Waals surface area contributed by atoms with Gasteiger partial charge < -0.3 is 15.0 Å². The van der Waals surface area contributed by atoms with E-state index in [0.29, 0.717) is 16.7 Å². The Morgan fingerprint density at radius 1 is 1.05 bits per heavy atom. The van der Waals surface area contributed by atoms with Crippen molar-refractivity contribution in [3.05, 3.63) is 90.3 Å². The first-order valence-electron chi connectivity index (χ1n) is 13.3. The molecule has 1 aliphatic heterocycles. The van der Waals surface area contributed by atoms with E-state index in [0.717, 1.165) is 35.5 Å². The molecule has 3 aromatic carbocycles. The minimum atomic E-state index is -4.75. The average molecular weight is 595 g/mol. The zero-order valence-corrected chi connectivity index (χ0v) is 24.0. The maximum absolute atomic E-state index is 13.0. The first kappa shape index (κ1) is 29.2. The molecule has 0 spiro atoms. The summed E-state index contributed by atoms with van der Waals surface area (Å²) in [4.78, 5) is 23.8. The molecular formula is C30H29F3N6O2S. The van der Waals surface area contributed by atoms with Gasteiger partial charge in [0.1, 0.15) is 12.1 Å². The van der Waals surface area contributed by atoms with Gasteiger partial charge in [0.25, 0.3) is 0 Å². The van der Waals surface area contributed by atoms with E-state index in [1.807, 2.05) is 50.2 Å². The predicted octanol–water partition coefficient (Wildman–Crippen LogP) is 6.95. The van der Waals surface area contributed by atoms with Gasteiger partial charge >= 0.3 is 12.4 Å². The Kier molecular flexibility index (Phi) is 8.26. The number of alkyl halides is 3. The number of rotatable bonds is 7. The number of amides is 2. The first-order chi connectivity index (χ1) is 20.0. The van der Waals surface area contributed by atoms with Crippen LogP contribution in [0.25, 0.3) is 17.1 Å². The molecule has 8 nitrogen and oxygen atoms in total. The summed E-state index contributed by atoms with van der Waals surface area (Å²) in [7, 11) is 0. The summed E-state index contributed by atoms with van der Waals surface area (Å²) in [6.45, 7) is 6.72. The van der Waals surface area contributed by atoms with E-state index in [1.165, 1.54) is 40.8 Å². The van der Waals surface area contributed by atoms with Gasteiger partial charge in [0.2, 0.25) is 0 Å². The summed E-state index contributed by atoms with van der Waals surface area (Å²) in [6.07, 6.45) is -2.38. The number of ether oxygens (including phenoxy) is 1. The Morgan fingerprint density at radius 3 is 2.45 bits per heavy atom. The van der Waals surface area contributed by atoms with Crippen LogP contribution in [0.5, 0.6) is 5.75 Å². The van der Waals surface area contributed by atoms with Crippen LogP contribution in [0, 0.1) is 0 Å². The van der Waals surface area contributed by atoms with Crippen molar-refractivity contribution in [3.63, 3.8) is 0 Å². The number of benzene rings is 3. The lowest BCUT2D eigenvalue weighted by atomic mass is 9.93. The van der Waals surface area contributed by atoms with Gasteiger partial charge in [0.05, 0.1) is 11.2 Å². The van der Waals surface area contributed by atoms with Gasteiger partial charge in [-0.1, -0.05) is 61.2 Å². The van der Waals surface area contributed by atoms with Crippen molar-refractivity contribution in [1.29, 1.82) is 0 Å². The molecule has 12 heteroatoms. The number of nitrogens with zero attached hydrogens (tertiary/aromatic N) is 5. The molecule has 218 valence electrons. The molecule has 1 aliphatic rings. The molecule has 1 saturated heterocycles. The van der Waals surface area contributed by atoms with Crippen LogP contribution >= 0.6 is 11.8 Å². The number of urea groups is 1. The molecule has 2 heterocycles. The summed E-state index contributed by atoms with van der Waals surface area (Å²) < 4.78 is 42.6. The van der Waals surface area contributed by atoms with Gasteiger partial charge in [-0.3, -0.25) is 0 Å². The Balaban J connectivity index is 1.26. The number of carbonyl (C=O) groups excluding carboxylic acids is 1. The number of aromatic nitrogens is 3. The van der Waals surface area contributed by atoms with Crippen LogP contribution in [0.3, 0.4) is 0 Å². The summed E-state index contributed by atoms with van der Waals surface area (Å²) in [5, 5.41) is 8.15. The van der Waals surface area contributed by atoms with Crippen molar-refractivity contribution in [2.75, 3.05) is 17.2 Å². The molecular weight excluding hydrogens is 565 g/mol. The normalized spacial score (nSPS) is 14.8. The van der Waals surface area contributed by atoms with Crippen molar-refractivity contribution in [2.24, 2.45) is 4.99 Å². The van der Waals surface area contributed by atoms with E-state index >= 15 is 0 Å². The van der Waals surface area contributed by atoms with Crippen LogP contribution < -0.4 is 15.0 Å². The maximum Gasteiger partial charge on any atom is 0.573 e. The van der Waals surface area contributed by atoms with Crippen LogP contribution in [0.1, 0.15) is 31.9 Å². The van der Waals surface area contributed by atoms with Crippen LogP contribution in [0.2, 0.25) is 0 Å². The second kappa shape index (κ2) is 11.9. The number of para-hydroxylation sites is 1. The third-order valence-electron chi connectivity index (χ3n) is 6.75. The lowest BCUT2D eigenvalue weighted by Crippen LogP contribution is -2.40. The van der Waals surface area contributed by atoms with Crippen molar-refractivity contribution < 1.29 is 22.7 Å². The first-order valence-corrected chi connectivity index (χ1v) is 14.3. The Morgan fingerprint density at radius 2 is 1.76 bits per heavy atom. The van der Waals surface area contributed by atoms with Gasteiger partial charge in [0.15, 0.2) is 11.0 Å². The number of aliphatic imine (C=N–C) groups is 1. The second-order valence-corrected chi connectivity index (χ2v) is 11.1. The van der Waals surface area contributed by atoms with Gasteiger partial charge in [0, 0.05) is 23.5 Å². The number of aryl methyl sites for hydroxylation is 1. The standard InChI is InChI=1S/C30H29F3N6O2S/c1-4-20-7-5-6-8-25(20)38-17-18-42-28(38)35-27(40)36-29(2,3)22-11-9-21(10-12-22)26-34-19-39(37-26)23-13-15-24(16-14-23)41-30(31,32)33/h5-16,19H,4,17-18H2,1-3H3,(H,36,40)/b35-28-. The number of nitrogens with one attached hydrogen (secondary N) is 1. The van der Waals surface area contributed by atoms with E-state index < -0.39 is 17.9 Å². The van der Waals surface area contributed by atoms with Crippen LogP contribution in [0.4, 0.5) is 23.7 Å². The molecule has 1 fully saturated rings. The van der Waals surface area contributed by atoms with Gasteiger partial charge in [-0.15, -0.1) is 18.3 Å². The minimum Gasteiger partial charge on any atom is -0.406 e. The smallest absolute Gasteiger partial charge is 0.406 e. The van der Waals surface area contributed by atoms with E-state index in [9.17, 15) is 18.0 Å². The Hall–Kier alpha value is -4.32. The molecule has 2 amide bonds. The van der Waals surface area contributed by atoms with Crippen molar-refractivity contribution in [2.45, 2.75) is 39.1 Å². The highest BCUT2D eigenvalue weighted by Gasteiger charge is 2.31. The molecule has 5 rings (SSSR count). The minimum absolute atomic E-state index is 0.315. The Labute approximate surface area is 245 Å². The molecule has 0 radical (unpaired) electrons. The van der Waals surface area contributed by atoms with Crippen LogP contribution in [0.15, 0.2) is 84.1 Å². The summed E-state index contributed by atoms with van der Waals surface area (Å²) in [5.74, 6) is 0.983. The van der Waals surface area contributed by atoms with Crippen molar-refractivity contribution in [1.82, 2.24) is 20.1 Å². The largest absolute Gasteiger partial charge is 0.573 e. The number of hydrogen-bond donors (Lipinski definition) is 1. The maximum atomic E-state index is 13.0. The highest BCUT2D eigenvalue weighted by molar-refractivity contribution is 8.14. The predicted molar refractivity (Wildman–Crippen MR) is 158 cm³/mol. The lowest BCUT2D eigenvalue weighted by molar-refractivity contribution is -0.274. The van der Waals surface area contributed by atoms with Gasteiger partial charge in [-0.05, 0) is 61.7 Å². The molecule has 42 heavy (non-hydrogen) atoms. The fourth-order valence-electron chi connectivity index (χ4n) is 4.60. The monoisotopic (exact) mass is 594 g/mol. The van der Waals surface area contributed by atoms with Crippen molar-refractivity contribution >= 4 is 28.6 Å². The summed E-state index contributed by atoms with van der Waals surface area (Å²) in [6, 6.07) is 20.6. The zero-order valence-electron chi connectivity index (χ0n) is 23.2. The fourth-order valence-corrected chi connectivity index (χ4v) is 5.55. The number of thioether (sulfide) groups is 1. The number of amidine groups is 1. The van der Waals surface area contributed by atoms with Crippen LogP contribution in [-0.4, -0.2) is 44.6 Å². The Bertz CT molecular complexity index is 1580. The molecule has 0 bridgehead atoms. The van der Waals surface area contributed by atoms with E-state index in [2.05, 4.69) is 49.1 Å². The fraction of sp³-hybridized carbons (Fsp3) is 0.267. The number of anilines is 1. The molecule has 1 aromatic heterocycles. The van der Waals surface area contributed by atoms with Gasteiger partial charge in [-0.2, -0.15) is 4.99 Å². The van der Waals surface area contributed by atoms with Crippen LogP contribution in [-0.2, 0) is 12.0 Å². The van der Waals surface area contributed by atoms with Crippen molar-refractivity contribution in [3.8, 4) is 22.8 Å². The molecule has 1 N–H and O–H groups in total. The van der Waals surface area contributed by atoms with E-state index in [4.69, 9.17) is 0 Å². The van der Waals surface area contributed by atoms with E-state index in [-0.39, 0.29) is 5.75 Å². The number of hydrogen-bond acceptors (Lipinski definition) is 5. The topological polar surface area (TPSA) is 84.6 Å². The molecule has 0 unspecified atom stereocenters. The van der Waals surface area contributed by atoms with Gasteiger partial charge in [-0.25, -0.2) is 14.5 Å². The third-order valence-corrected chi connectivity index (χ3v) is 7.70. The summed E-state index contributed by atoms with van der Waals surface area (Å²) >= 11 is 1.57. The highest BCUT2D eigenvalue weighted by Crippen LogP contribution is 2.30. The van der Waals surface area contributed by atoms with E-state index in [1.54, 1.807) is 11.8 Å². The third kappa shape index (κ3) is 6.76. The molecule has 0 aliphatic carbocycles. The molecule has 0 saturated carbocycles.